The molecule has 4 aliphatic rings. The predicted octanol–water partition coefficient (Wildman–Crippen LogP) is 3.52. The van der Waals surface area contributed by atoms with Crippen molar-refractivity contribution in [1.29, 1.82) is 0 Å². The third-order valence-electron chi connectivity index (χ3n) is 6.35. The van der Waals surface area contributed by atoms with Crippen molar-refractivity contribution < 1.29 is 9.72 Å². The monoisotopic (exact) mass is 388 g/mol. The minimum atomic E-state index is -0.453. The maximum absolute atomic E-state index is 12.5. The number of thiocarbonyl (C=S) groups is 1. The minimum absolute atomic E-state index is 0.0169. The number of amides is 1. The van der Waals surface area contributed by atoms with Gasteiger partial charge >= 0.3 is 0 Å². The van der Waals surface area contributed by atoms with E-state index in [1.165, 1.54) is 50.7 Å². The number of nitrogens with one attached hydrogen (secondary N) is 3. The van der Waals surface area contributed by atoms with Gasteiger partial charge in [0.15, 0.2) is 5.11 Å². The standard InChI is InChI=1S/C19H24N4O3S/c24-17(11-19-8-12-5-13(9-19)7-14(6-12)10-19)21-22-18(27)20-15-1-3-16(4-2-15)23(25)26/h1-4,12-14H,5-11H2,(H,21,24)(H2,20,22,27). The van der Waals surface area contributed by atoms with Gasteiger partial charge in [-0.1, -0.05) is 0 Å². The number of nitrogens with zero attached hydrogens (tertiary/aromatic N) is 1. The molecule has 0 atom stereocenters. The molecule has 0 saturated heterocycles. The van der Waals surface area contributed by atoms with E-state index in [2.05, 4.69) is 16.2 Å². The lowest BCUT2D eigenvalue weighted by Gasteiger charge is -2.56. The van der Waals surface area contributed by atoms with Crippen molar-refractivity contribution in [1.82, 2.24) is 10.9 Å². The Kier molecular flexibility index (Phi) is 4.75. The lowest BCUT2D eigenvalue weighted by molar-refractivity contribution is -0.384. The Balaban J connectivity index is 1.25. The molecule has 1 amide bonds. The summed E-state index contributed by atoms with van der Waals surface area (Å²) in [4.78, 5) is 22.7. The molecule has 0 aliphatic heterocycles. The first-order chi connectivity index (χ1) is 12.9. The molecule has 4 aliphatic carbocycles. The van der Waals surface area contributed by atoms with Gasteiger partial charge in [0.25, 0.3) is 5.69 Å². The highest BCUT2D eigenvalue weighted by Gasteiger charge is 2.51. The lowest BCUT2D eigenvalue weighted by atomic mass is 9.49. The van der Waals surface area contributed by atoms with Gasteiger partial charge in [-0.2, -0.15) is 0 Å². The summed E-state index contributed by atoms with van der Waals surface area (Å²) in [5.74, 6) is 2.44. The zero-order valence-corrected chi connectivity index (χ0v) is 15.9. The van der Waals surface area contributed by atoms with Gasteiger partial charge in [0.2, 0.25) is 5.91 Å². The number of anilines is 1. The highest BCUT2D eigenvalue weighted by molar-refractivity contribution is 7.80. The van der Waals surface area contributed by atoms with E-state index in [-0.39, 0.29) is 22.1 Å². The van der Waals surface area contributed by atoms with Crippen LogP contribution in [0.3, 0.4) is 0 Å². The number of hydrazine groups is 1. The fourth-order valence-electron chi connectivity index (χ4n) is 5.85. The van der Waals surface area contributed by atoms with Gasteiger partial charge in [0.1, 0.15) is 0 Å². The zero-order valence-electron chi connectivity index (χ0n) is 15.1. The minimum Gasteiger partial charge on any atom is -0.331 e. The van der Waals surface area contributed by atoms with Gasteiger partial charge < -0.3 is 5.32 Å². The molecule has 1 aromatic rings. The van der Waals surface area contributed by atoms with Crippen molar-refractivity contribution in [2.75, 3.05) is 5.32 Å². The van der Waals surface area contributed by atoms with Crippen LogP contribution in [-0.2, 0) is 4.79 Å². The molecule has 1 aromatic carbocycles. The van der Waals surface area contributed by atoms with Crippen LogP contribution in [0, 0.1) is 33.3 Å². The molecule has 0 unspecified atom stereocenters. The second kappa shape index (κ2) is 7.07. The van der Waals surface area contributed by atoms with Crippen molar-refractivity contribution in [3.63, 3.8) is 0 Å². The van der Waals surface area contributed by atoms with E-state index >= 15 is 0 Å². The van der Waals surface area contributed by atoms with Crippen molar-refractivity contribution in [3.8, 4) is 0 Å². The van der Waals surface area contributed by atoms with Crippen LogP contribution < -0.4 is 16.2 Å². The van der Waals surface area contributed by atoms with Gasteiger partial charge in [-0.3, -0.25) is 25.8 Å². The number of hydrogen-bond donors (Lipinski definition) is 3. The van der Waals surface area contributed by atoms with Crippen LogP contribution in [0.25, 0.3) is 0 Å². The fraction of sp³-hybridized carbons (Fsp3) is 0.579. The van der Waals surface area contributed by atoms with Gasteiger partial charge in [-0.15, -0.1) is 0 Å². The van der Waals surface area contributed by atoms with Gasteiger partial charge in [0, 0.05) is 24.2 Å². The lowest BCUT2D eigenvalue weighted by Crippen LogP contribution is -2.50. The topological polar surface area (TPSA) is 96.3 Å². The van der Waals surface area contributed by atoms with Crippen LogP contribution >= 0.6 is 12.2 Å². The van der Waals surface area contributed by atoms with Crippen LogP contribution in [0.4, 0.5) is 11.4 Å². The summed E-state index contributed by atoms with van der Waals surface area (Å²) >= 11 is 5.18. The molecule has 5 rings (SSSR count). The first kappa shape index (κ1) is 18.2. The molecule has 8 heteroatoms. The smallest absolute Gasteiger partial charge is 0.269 e. The van der Waals surface area contributed by atoms with E-state index < -0.39 is 4.92 Å². The van der Waals surface area contributed by atoms with Crippen LogP contribution in [0.5, 0.6) is 0 Å². The number of nitro groups is 1. The van der Waals surface area contributed by atoms with Crippen molar-refractivity contribution in [2.24, 2.45) is 23.2 Å². The van der Waals surface area contributed by atoms with Crippen LogP contribution in [0.15, 0.2) is 24.3 Å². The Labute approximate surface area is 163 Å². The second-order valence-electron chi connectivity index (χ2n) is 8.53. The van der Waals surface area contributed by atoms with E-state index in [9.17, 15) is 14.9 Å². The summed E-state index contributed by atoms with van der Waals surface area (Å²) in [6, 6.07) is 5.94. The maximum atomic E-state index is 12.5. The largest absolute Gasteiger partial charge is 0.331 e. The van der Waals surface area contributed by atoms with Crippen LogP contribution in [-0.4, -0.2) is 15.9 Å². The molecule has 4 bridgehead atoms. The Morgan fingerprint density at radius 3 is 2.15 bits per heavy atom. The quantitative estimate of drug-likeness (QED) is 0.415. The highest BCUT2D eigenvalue weighted by atomic mass is 32.1. The Morgan fingerprint density at radius 2 is 1.63 bits per heavy atom. The molecule has 0 radical (unpaired) electrons. The number of carbonyl (C=O) groups is 1. The Morgan fingerprint density at radius 1 is 1.07 bits per heavy atom. The van der Waals surface area contributed by atoms with E-state index in [0.29, 0.717) is 12.1 Å². The summed E-state index contributed by atoms with van der Waals surface area (Å²) in [5.41, 5.74) is 6.27. The Bertz CT molecular complexity index is 729. The number of nitro benzene ring substituents is 1. The zero-order chi connectivity index (χ0) is 19.0. The van der Waals surface area contributed by atoms with Gasteiger partial charge in [-0.05, 0) is 86.0 Å². The third-order valence-corrected chi connectivity index (χ3v) is 6.56. The molecule has 0 aromatic heterocycles. The normalized spacial score (nSPS) is 30.6. The van der Waals surface area contributed by atoms with Crippen molar-refractivity contribution >= 4 is 34.6 Å². The van der Waals surface area contributed by atoms with Gasteiger partial charge in [-0.25, -0.2) is 0 Å². The molecule has 4 saturated carbocycles. The van der Waals surface area contributed by atoms with E-state index in [4.69, 9.17) is 12.2 Å². The van der Waals surface area contributed by atoms with Gasteiger partial charge in [0.05, 0.1) is 4.92 Å². The second-order valence-corrected chi connectivity index (χ2v) is 8.93. The van der Waals surface area contributed by atoms with Crippen LogP contribution in [0.2, 0.25) is 0 Å². The van der Waals surface area contributed by atoms with Crippen molar-refractivity contribution in [2.45, 2.75) is 44.9 Å². The average Bonchev–Trinajstić information content (AvgIpc) is 2.59. The predicted molar refractivity (Wildman–Crippen MR) is 106 cm³/mol. The molecule has 7 nitrogen and oxygen atoms in total. The summed E-state index contributed by atoms with van der Waals surface area (Å²) in [7, 11) is 0. The molecule has 144 valence electrons. The maximum Gasteiger partial charge on any atom is 0.269 e. The molecule has 3 N–H and O–H groups in total. The number of hydrogen-bond acceptors (Lipinski definition) is 4. The number of rotatable bonds is 4. The third kappa shape index (κ3) is 4.05. The summed E-state index contributed by atoms with van der Waals surface area (Å²) in [6.07, 6.45) is 8.23. The highest BCUT2D eigenvalue weighted by Crippen LogP contribution is 2.61. The summed E-state index contributed by atoms with van der Waals surface area (Å²) < 4.78 is 0. The van der Waals surface area contributed by atoms with Crippen LogP contribution in [0.1, 0.15) is 44.9 Å². The first-order valence-corrected chi connectivity index (χ1v) is 9.92. The average molecular weight is 388 g/mol. The van der Waals surface area contributed by atoms with E-state index in [1.54, 1.807) is 12.1 Å². The number of benzene rings is 1. The Hall–Kier alpha value is -2.22. The molecule has 0 spiro atoms. The number of non-ortho nitro benzene ring substituents is 1. The van der Waals surface area contributed by atoms with E-state index in [1.807, 2.05) is 0 Å². The summed E-state index contributed by atoms with van der Waals surface area (Å²) in [6.45, 7) is 0. The molecule has 0 heterocycles. The number of carbonyl (C=O) groups excluding carboxylic acids is 1. The molecular weight excluding hydrogens is 364 g/mol. The molecular formula is C19H24N4O3S. The fourth-order valence-corrected chi connectivity index (χ4v) is 6.02. The summed E-state index contributed by atoms with van der Waals surface area (Å²) in [5, 5.41) is 13.8. The van der Waals surface area contributed by atoms with Crippen molar-refractivity contribution in [3.05, 3.63) is 34.4 Å². The molecule has 4 fully saturated rings. The molecule has 27 heavy (non-hydrogen) atoms. The SMILES string of the molecule is O=C(CC12CC3CC(CC(C3)C1)C2)NNC(=S)Nc1ccc([N+](=O)[O-])cc1. The first-order valence-electron chi connectivity index (χ1n) is 9.51. The van der Waals surface area contributed by atoms with E-state index in [0.717, 1.165) is 17.8 Å².